The van der Waals surface area contributed by atoms with Crippen LogP contribution in [0, 0.1) is 11.8 Å². The Morgan fingerprint density at radius 2 is 1.50 bits per heavy atom. The zero-order valence-electron chi connectivity index (χ0n) is 13.0. The fraction of sp³-hybridized carbons (Fsp3) is 1.00. The van der Waals surface area contributed by atoms with E-state index in [1.54, 1.807) is 7.11 Å². The first kappa shape index (κ1) is 17.9. The second-order valence-electron chi connectivity index (χ2n) is 5.87. The second kappa shape index (κ2) is 11.9. The van der Waals surface area contributed by atoms with Crippen molar-refractivity contribution in [1.29, 1.82) is 0 Å². The minimum absolute atomic E-state index is 0.656. The highest BCUT2D eigenvalue weighted by molar-refractivity contribution is 4.70. The lowest BCUT2D eigenvalue weighted by atomic mass is 9.95. The maximum Gasteiger partial charge on any atom is 0.0700 e. The molecule has 3 nitrogen and oxygen atoms in total. The molecule has 18 heavy (non-hydrogen) atoms. The number of hydrogen-bond acceptors (Lipinski definition) is 3. The van der Waals surface area contributed by atoms with Gasteiger partial charge in [0.05, 0.1) is 13.2 Å². The van der Waals surface area contributed by atoms with Crippen molar-refractivity contribution in [2.45, 2.75) is 53.0 Å². The van der Waals surface area contributed by atoms with E-state index in [-0.39, 0.29) is 0 Å². The summed E-state index contributed by atoms with van der Waals surface area (Å²) in [6.45, 7) is 12.5. The van der Waals surface area contributed by atoms with E-state index in [9.17, 15) is 0 Å². The van der Waals surface area contributed by atoms with Crippen LogP contribution in [0.1, 0.15) is 47.0 Å². The summed E-state index contributed by atoms with van der Waals surface area (Å²) in [6.07, 6.45) is 3.61. The van der Waals surface area contributed by atoms with Crippen LogP contribution in [0.2, 0.25) is 0 Å². The van der Waals surface area contributed by atoms with E-state index in [0.29, 0.717) is 19.3 Å². The monoisotopic (exact) mass is 259 g/mol. The standard InChI is InChI=1S/C15H33NO2/c1-13(2)11-15(12-14(3)4)16-7-6-8-18-10-9-17-5/h13-16H,6-12H2,1-5H3. The van der Waals surface area contributed by atoms with Crippen molar-refractivity contribution in [3.63, 3.8) is 0 Å². The SMILES string of the molecule is COCCOCCCNC(CC(C)C)CC(C)C. The van der Waals surface area contributed by atoms with Gasteiger partial charge in [-0.15, -0.1) is 0 Å². The Hall–Kier alpha value is -0.120. The molecule has 0 radical (unpaired) electrons. The Kier molecular flexibility index (Phi) is 11.9. The molecule has 0 aromatic rings. The van der Waals surface area contributed by atoms with Crippen LogP contribution < -0.4 is 5.32 Å². The quantitative estimate of drug-likeness (QED) is 0.546. The van der Waals surface area contributed by atoms with Gasteiger partial charge in [0.15, 0.2) is 0 Å². The van der Waals surface area contributed by atoms with Crippen molar-refractivity contribution in [1.82, 2.24) is 5.32 Å². The van der Waals surface area contributed by atoms with Crippen LogP contribution in [0.25, 0.3) is 0 Å². The molecular formula is C15H33NO2. The summed E-state index contributed by atoms with van der Waals surface area (Å²) in [7, 11) is 1.70. The highest BCUT2D eigenvalue weighted by atomic mass is 16.5. The predicted octanol–water partition coefficient (Wildman–Crippen LogP) is 3.09. The number of nitrogens with one attached hydrogen (secondary N) is 1. The summed E-state index contributed by atoms with van der Waals surface area (Å²) >= 11 is 0. The third-order valence-corrected chi connectivity index (χ3v) is 2.84. The van der Waals surface area contributed by atoms with Crippen molar-refractivity contribution in [3.8, 4) is 0 Å². The Balaban J connectivity index is 3.56. The molecule has 110 valence electrons. The van der Waals surface area contributed by atoms with E-state index in [0.717, 1.165) is 31.4 Å². The van der Waals surface area contributed by atoms with Crippen LogP contribution in [-0.2, 0) is 9.47 Å². The molecule has 0 aliphatic heterocycles. The molecule has 0 saturated heterocycles. The molecule has 0 aliphatic carbocycles. The van der Waals surface area contributed by atoms with E-state index in [1.165, 1.54) is 12.8 Å². The van der Waals surface area contributed by atoms with Crippen LogP contribution >= 0.6 is 0 Å². The molecule has 3 heteroatoms. The van der Waals surface area contributed by atoms with Crippen LogP contribution in [-0.4, -0.2) is 39.5 Å². The topological polar surface area (TPSA) is 30.5 Å². The predicted molar refractivity (Wildman–Crippen MR) is 78.0 cm³/mol. The first-order valence-corrected chi connectivity index (χ1v) is 7.36. The van der Waals surface area contributed by atoms with E-state index >= 15 is 0 Å². The molecule has 0 fully saturated rings. The van der Waals surface area contributed by atoms with Gasteiger partial charge in [-0.3, -0.25) is 0 Å². The number of methoxy groups -OCH3 is 1. The van der Waals surface area contributed by atoms with Crippen LogP contribution in [0.15, 0.2) is 0 Å². The minimum atomic E-state index is 0.656. The lowest BCUT2D eigenvalue weighted by molar-refractivity contribution is 0.0691. The summed E-state index contributed by atoms with van der Waals surface area (Å²) in [5.41, 5.74) is 0. The molecule has 0 aromatic carbocycles. The van der Waals surface area contributed by atoms with E-state index < -0.39 is 0 Å². The second-order valence-corrected chi connectivity index (χ2v) is 5.87. The molecule has 0 bridgehead atoms. The zero-order chi connectivity index (χ0) is 13.8. The van der Waals surface area contributed by atoms with Crippen LogP contribution in [0.5, 0.6) is 0 Å². The van der Waals surface area contributed by atoms with Crippen molar-refractivity contribution >= 4 is 0 Å². The first-order chi connectivity index (χ1) is 8.56. The molecule has 0 rings (SSSR count). The molecule has 1 N–H and O–H groups in total. The summed E-state index contributed by atoms with van der Waals surface area (Å²) in [4.78, 5) is 0. The lowest BCUT2D eigenvalue weighted by Crippen LogP contribution is -2.33. The molecule has 0 aromatic heterocycles. The highest BCUT2D eigenvalue weighted by Crippen LogP contribution is 2.13. The summed E-state index contributed by atoms with van der Waals surface area (Å²) in [5.74, 6) is 1.53. The van der Waals surface area contributed by atoms with Crippen molar-refractivity contribution in [3.05, 3.63) is 0 Å². The molecular weight excluding hydrogens is 226 g/mol. The Morgan fingerprint density at radius 3 is 2.00 bits per heavy atom. The van der Waals surface area contributed by atoms with Gasteiger partial charge in [-0.05, 0) is 37.6 Å². The van der Waals surface area contributed by atoms with E-state index in [1.807, 2.05) is 0 Å². The molecule has 0 aliphatic rings. The molecule has 0 spiro atoms. The summed E-state index contributed by atoms with van der Waals surface area (Å²) < 4.78 is 10.4. The average Bonchev–Trinajstić information content (AvgIpc) is 2.26. The summed E-state index contributed by atoms with van der Waals surface area (Å²) in [5, 5.41) is 3.66. The molecule has 0 heterocycles. The van der Waals surface area contributed by atoms with Crippen LogP contribution in [0.3, 0.4) is 0 Å². The third-order valence-electron chi connectivity index (χ3n) is 2.84. The molecule has 0 amide bonds. The zero-order valence-corrected chi connectivity index (χ0v) is 13.0. The molecule has 0 unspecified atom stereocenters. The number of hydrogen-bond donors (Lipinski definition) is 1. The molecule has 0 saturated carbocycles. The normalized spacial score (nSPS) is 12.0. The first-order valence-electron chi connectivity index (χ1n) is 7.36. The van der Waals surface area contributed by atoms with Gasteiger partial charge in [0, 0.05) is 19.8 Å². The third kappa shape index (κ3) is 12.3. The van der Waals surface area contributed by atoms with Gasteiger partial charge in [0.25, 0.3) is 0 Å². The smallest absolute Gasteiger partial charge is 0.0700 e. The lowest BCUT2D eigenvalue weighted by Gasteiger charge is -2.22. The average molecular weight is 259 g/mol. The highest BCUT2D eigenvalue weighted by Gasteiger charge is 2.11. The largest absolute Gasteiger partial charge is 0.382 e. The fourth-order valence-electron chi connectivity index (χ4n) is 2.13. The Morgan fingerprint density at radius 1 is 0.889 bits per heavy atom. The van der Waals surface area contributed by atoms with Crippen molar-refractivity contribution < 1.29 is 9.47 Å². The number of rotatable bonds is 12. The minimum Gasteiger partial charge on any atom is -0.382 e. The van der Waals surface area contributed by atoms with Crippen LogP contribution in [0.4, 0.5) is 0 Å². The van der Waals surface area contributed by atoms with Gasteiger partial charge in [0.1, 0.15) is 0 Å². The van der Waals surface area contributed by atoms with Gasteiger partial charge < -0.3 is 14.8 Å². The van der Waals surface area contributed by atoms with E-state index in [4.69, 9.17) is 9.47 Å². The van der Waals surface area contributed by atoms with Gasteiger partial charge in [-0.25, -0.2) is 0 Å². The van der Waals surface area contributed by atoms with Gasteiger partial charge in [0.2, 0.25) is 0 Å². The summed E-state index contributed by atoms with van der Waals surface area (Å²) in [6, 6.07) is 0.656. The fourth-order valence-corrected chi connectivity index (χ4v) is 2.13. The van der Waals surface area contributed by atoms with Crippen molar-refractivity contribution in [2.24, 2.45) is 11.8 Å². The maximum atomic E-state index is 5.45. The Bertz CT molecular complexity index is 162. The van der Waals surface area contributed by atoms with Crippen molar-refractivity contribution in [2.75, 3.05) is 33.5 Å². The van der Waals surface area contributed by atoms with Gasteiger partial charge in [-0.2, -0.15) is 0 Å². The van der Waals surface area contributed by atoms with Gasteiger partial charge in [-0.1, -0.05) is 27.7 Å². The van der Waals surface area contributed by atoms with E-state index in [2.05, 4.69) is 33.0 Å². The number of ether oxygens (including phenoxy) is 2. The van der Waals surface area contributed by atoms with Gasteiger partial charge >= 0.3 is 0 Å². The molecule has 0 atom stereocenters. The maximum absolute atomic E-state index is 5.45. The Labute approximate surface area is 114 Å².